The summed E-state index contributed by atoms with van der Waals surface area (Å²) in [5.74, 6) is 0. The predicted octanol–water partition coefficient (Wildman–Crippen LogP) is 2.67. The van der Waals surface area contributed by atoms with Gasteiger partial charge in [-0.25, -0.2) is 0 Å². The standard InChI is InChI=1S/3C2H5.C2H.Sn/c4*1-2;/h3*1H2,2H3;1H;. The van der Waals surface area contributed by atoms with Gasteiger partial charge in [-0.05, 0) is 0 Å². The second-order valence-corrected chi connectivity index (χ2v) is 16.7. The average Bonchev–Trinajstić information content (AvgIpc) is 1.95. The SMILES string of the molecule is C#[C][Sn]([CH2]C)([CH2]C)[CH2]C. The molecule has 0 N–H and O–H groups in total. The first kappa shape index (κ1) is 9.36. The summed E-state index contributed by atoms with van der Waals surface area (Å²) in [5.41, 5.74) is 0. The molecule has 0 spiro atoms. The van der Waals surface area contributed by atoms with Crippen LogP contribution < -0.4 is 0 Å². The number of hydrogen-bond donors (Lipinski definition) is 0. The summed E-state index contributed by atoms with van der Waals surface area (Å²) in [7, 11) is 0. The van der Waals surface area contributed by atoms with E-state index in [-0.39, 0.29) is 0 Å². The molecule has 0 aliphatic carbocycles. The van der Waals surface area contributed by atoms with Crippen molar-refractivity contribution in [1.82, 2.24) is 0 Å². The van der Waals surface area contributed by atoms with Gasteiger partial charge in [0.25, 0.3) is 0 Å². The van der Waals surface area contributed by atoms with Crippen molar-refractivity contribution in [2.75, 3.05) is 0 Å². The molecule has 0 aromatic rings. The Morgan fingerprint density at radius 2 is 1.44 bits per heavy atom. The minimum atomic E-state index is -1.86. The Morgan fingerprint density at radius 1 is 1.11 bits per heavy atom. The number of rotatable bonds is 3. The first-order chi connectivity index (χ1) is 4.24. The van der Waals surface area contributed by atoms with Crippen molar-refractivity contribution < 1.29 is 0 Å². The van der Waals surface area contributed by atoms with E-state index < -0.39 is 18.4 Å². The van der Waals surface area contributed by atoms with Gasteiger partial charge < -0.3 is 0 Å². The normalized spacial score (nSPS) is 10.9. The minimum absolute atomic E-state index is 1.32. The van der Waals surface area contributed by atoms with Crippen LogP contribution in [0.3, 0.4) is 0 Å². The molecule has 0 fully saturated rings. The third-order valence-corrected chi connectivity index (χ3v) is 15.7. The average molecular weight is 231 g/mol. The quantitative estimate of drug-likeness (QED) is 0.517. The molecule has 9 heavy (non-hydrogen) atoms. The zero-order valence-electron chi connectivity index (χ0n) is 6.70. The van der Waals surface area contributed by atoms with Crippen LogP contribution in [-0.2, 0) is 0 Å². The maximum atomic E-state index is 5.48. The van der Waals surface area contributed by atoms with Crippen molar-refractivity contribution in [1.29, 1.82) is 0 Å². The monoisotopic (exact) mass is 232 g/mol. The summed E-state index contributed by atoms with van der Waals surface area (Å²) >= 11 is -1.86. The van der Waals surface area contributed by atoms with Gasteiger partial charge in [-0.2, -0.15) is 0 Å². The number of terminal acetylenes is 1. The molecule has 0 bridgehead atoms. The van der Waals surface area contributed by atoms with E-state index in [4.69, 9.17) is 6.42 Å². The molecule has 0 aromatic carbocycles. The van der Waals surface area contributed by atoms with Crippen LogP contribution >= 0.6 is 0 Å². The molecule has 0 nitrogen and oxygen atoms in total. The van der Waals surface area contributed by atoms with E-state index in [2.05, 4.69) is 24.7 Å². The second-order valence-electron chi connectivity index (χ2n) is 2.49. The van der Waals surface area contributed by atoms with Crippen molar-refractivity contribution >= 4 is 18.4 Å². The van der Waals surface area contributed by atoms with Gasteiger partial charge in [-0.15, -0.1) is 0 Å². The van der Waals surface area contributed by atoms with E-state index in [9.17, 15) is 0 Å². The first-order valence-corrected chi connectivity index (χ1v) is 11.2. The van der Waals surface area contributed by atoms with Gasteiger partial charge in [-0.3, -0.25) is 0 Å². The summed E-state index contributed by atoms with van der Waals surface area (Å²) < 4.78 is 7.03. The van der Waals surface area contributed by atoms with Gasteiger partial charge in [0.2, 0.25) is 0 Å². The number of hydrogen-bond acceptors (Lipinski definition) is 0. The molecule has 0 amide bonds. The third kappa shape index (κ3) is 2.21. The van der Waals surface area contributed by atoms with Gasteiger partial charge in [0.05, 0.1) is 0 Å². The molecule has 0 saturated carbocycles. The molecular formula is C8H16Sn. The first-order valence-electron chi connectivity index (χ1n) is 3.72. The molecule has 0 heterocycles. The van der Waals surface area contributed by atoms with Crippen LogP contribution in [0.25, 0.3) is 0 Å². The van der Waals surface area contributed by atoms with Crippen molar-refractivity contribution in [3.63, 3.8) is 0 Å². The Morgan fingerprint density at radius 3 is 1.44 bits per heavy atom. The van der Waals surface area contributed by atoms with Crippen LogP contribution in [0.15, 0.2) is 0 Å². The summed E-state index contributed by atoms with van der Waals surface area (Å²) in [4.78, 5) is 0. The fraction of sp³-hybridized carbons (Fsp3) is 0.750. The van der Waals surface area contributed by atoms with Crippen molar-refractivity contribution in [2.24, 2.45) is 0 Å². The van der Waals surface area contributed by atoms with Crippen LogP contribution in [0.4, 0.5) is 0 Å². The molecule has 52 valence electrons. The fourth-order valence-corrected chi connectivity index (χ4v) is 7.09. The summed E-state index contributed by atoms with van der Waals surface area (Å²) in [6.45, 7) is 6.76. The van der Waals surface area contributed by atoms with Gasteiger partial charge in [0, 0.05) is 0 Å². The molecule has 0 unspecified atom stereocenters. The molecule has 0 saturated heterocycles. The molecule has 0 atom stereocenters. The van der Waals surface area contributed by atoms with Crippen LogP contribution in [-0.4, -0.2) is 18.4 Å². The summed E-state index contributed by atoms with van der Waals surface area (Å²) in [6.07, 6.45) is 5.48. The Labute approximate surface area is 62.9 Å². The topological polar surface area (TPSA) is 0 Å². The van der Waals surface area contributed by atoms with Gasteiger partial charge in [0.15, 0.2) is 0 Å². The van der Waals surface area contributed by atoms with Gasteiger partial charge in [-0.1, -0.05) is 0 Å². The van der Waals surface area contributed by atoms with E-state index in [0.717, 1.165) is 0 Å². The van der Waals surface area contributed by atoms with E-state index in [1.54, 1.807) is 0 Å². The Kier molecular flexibility index (Phi) is 4.39. The molecule has 0 rings (SSSR count). The van der Waals surface area contributed by atoms with Crippen molar-refractivity contribution in [3.8, 4) is 10.4 Å². The fourth-order valence-electron chi connectivity index (χ4n) is 1.06. The molecule has 0 aromatic heterocycles. The van der Waals surface area contributed by atoms with E-state index in [0.29, 0.717) is 0 Å². The molecular weight excluding hydrogens is 215 g/mol. The Hall–Kier alpha value is 0.359. The summed E-state index contributed by atoms with van der Waals surface area (Å²) in [6, 6.07) is 0. The second kappa shape index (κ2) is 4.22. The maximum absolute atomic E-state index is 5.48. The Bertz CT molecular complexity index is 98.0. The van der Waals surface area contributed by atoms with Crippen LogP contribution in [0.1, 0.15) is 20.8 Å². The summed E-state index contributed by atoms with van der Waals surface area (Å²) in [5, 5.41) is 0. The molecule has 0 aliphatic rings. The van der Waals surface area contributed by atoms with E-state index in [1.165, 1.54) is 13.3 Å². The van der Waals surface area contributed by atoms with Crippen LogP contribution in [0, 0.1) is 10.4 Å². The van der Waals surface area contributed by atoms with Crippen LogP contribution in [0.5, 0.6) is 0 Å². The zero-order chi connectivity index (χ0) is 7.33. The molecule has 1 heteroatoms. The third-order valence-electron chi connectivity index (χ3n) is 2.34. The van der Waals surface area contributed by atoms with Crippen LogP contribution in [0.2, 0.25) is 13.3 Å². The predicted molar refractivity (Wildman–Crippen MR) is 46.0 cm³/mol. The molecule has 0 aliphatic heterocycles. The molecule has 0 radical (unpaired) electrons. The Balaban J connectivity index is 4.04. The van der Waals surface area contributed by atoms with E-state index in [1.807, 2.05) is 0 Å². The zero-order valence-corrected chi connectivity index (χ0v) is 9.55. The van der Waals surface area contributed by atoms with Crippen molar-refractivity contribution in [2.45, 2.75) is 34.1 Å². The van der Waals surface area contributed by atoms with Crippen molar-refractivity contribution in [3.05, 3.63) is 0 Å². The van der Waals surface area contributed by atoms with Gasteiger partial charge >= 0.3 is 62.8 Å². The van der Waals surface area contributed by atoms with Gasteiger partial charge in [0.1, 0.15) is 0 Å². The van der Waals surface area contributed by atoms with E-state index >= 15 is 0 Å².